The molecule has 0 amide bonds. The first kappa shape index (κ1) is 22.8. The van der Waals surface area contributed by atoms with E-state index >= 15 is 0 Å². The van der Waals surface area contributed by atoms with E-state index in [9.17, 15) is 4.89 Å². The Morgan fingerprint density at radius 1 is 0.773 bits per heavy atom. The molecule has 0 aromatic heterocycles. The van der Waals surface area contributed by atoms with Gasteiger partial charge < -0.3 is 23.4 Å². The first-order chi connectivity index (χ1) is 9.89. The van der Waals surface area contributed by atoms with Gasteiger partial charge >= 0.3 is 8.60 Å². The van der Waals surface area contributed by atoms with E-state index in [0.29, 0.717) is 13.2 Å². The summed E-state index contributed by atoms with van der Waals surface area (Å²) in [5.41, 5.74) is -0.515. The summed E-state index contributed by atoms with van der Waals surface area (Å²) in [5.74, 6) is 0. The van der Waals surface area contributed by atoms with Gasteiger partial charge in [0, 0.05) is 0 Å². The maximum absolute atomic E-state index is 9.62. The quantitative estimate of drug-likeness (QED) is 0.458. The van der Waals surface area contributed by atoms with Gasteiger partial charge in [-0.05, 0) is 41.5 Å². The molecule has 5 nitrogen and oxygen atoms in total. The molecule has 0 saturated carbocycles. The lowest BCUT2D eigenvalue weighted by Crippen LogP contribution is -2.26. The van der Waals surface area contributed by atoms with Crippen molar-refractivity contribution in [1.82, 2.24) is 0 Å². The van der Waals surface area contributed by atoms with Crippen LogP contribution in [-0.4, -0.2) is 53.3 Å². The summed E-state index contributed by atoms with van der Waals surface area (Å²) in [4.78, 5) is 9.62. The monoisotopic (exact) mass is 378 g/mol. The van der Waals surface area contributed by atoms with E-state index in [4.69, 9.17) is 41.7 Å². The van der Waals surface area contributed by atoms with Crippen LogP contribution in [0.3, 0.4) is 0 Å². The lowest BCUT2D eigenvalue weighted by molar-refractivity contribution is -0.00839. The lowest BCUT2D eigenvalue weighted by Gasteiger charge is -2.23. The summed E-state index contributed by atoms with van der Waals surface area (Å²) in [5, 5.41) is -0.702. The lowest BCUT2D eigenvalue weighted by atomic mass is 10.2. The van der Waals surface area contributed by atoms with Crippen molar-refractivity contribution in [3.63, 3.8) is 0 Å². The number of hydrogen-bond donors (Lipinski definition) is 1. The average Bonchev–Trinajstić information content (AvgIpc) is 2.36. The molecule has 0 heterocycles. The molecule has 0 aliphatic rings. The molecule has 0 aliphatic carbocycles. The predicted octanol–water partition coefficient (Wildman–Crippen LogP) is 4.08. The number of hydrogen-bond acceptors (Lipinski definition) is 5. The zero-order chi connectivity index (χ0) is 17.4. The van der Waals surface area contributed by atoms with Gasteiger partial charge in [-0.25, -0.2) is 0 Å². The van der Waals surface area contributed by atoms with E-state index < -0.39 is 8.60 Å². The molecular formula is C14H29Cl2O5P. The second-order valence-electron chi connectivity index (χ2n) is 6.87. The largest absolute Gasteiger partial charge is 0.374 e. The molecule has 0 saturated heterocycles. The summed E-state index contributed by atoms with van der Waals surface area (Å²) in [6, 6.07) is 0. The highest BCUT2D eigenvalue weighted by atomic mass is 35.5. The fourth-order valence-corrected chi connectivity index (χ4v) is 2.22. The van der Waals surface area contributed by atoms with E-state index in [1.54, 1.807) is 0 Å². The first-order valence-electron chi connectivity index (χ1n) is 7.20. The molecule has 8 heteroatoms. The second kappa shape index (κ2) is 10.6. The van der Waals surface area contributed by atoms with Crippen molar-refractivity contribution in [2.75, 3.05) is 26.4 Å². The maximum atomic E-state index is 9.62. The van der Waals surface area contributed by atoms with Gasteiger partial charge in [0.1, 0.15) is 0 Å². The summed E-state index contributed by atoms with van der Waals surface area (Å²) in [6.07, 6.45) is 0. The minimum Gasteiger partial charge on any atom is -0.374 e. The third-order valence-corrected chi connectivity index (χ3v) is 3.37. The molecule has 134 valence electrons. The van der Waals surface area contributed by atoms with Gasteiger partial charge in [-0.3, -0.25) is 0 Å². The van der Waals surface area contributed by atoms with Gasteiger partial charge in [-0.2, -0.15) is 0 Å². The highest BCUT2D eigenvalue weighted by Gasteiger charge is 2.18. The summed E-state index contributed by atoms with van der Waals surface area (Å²) in [6.45, 7) is 12.6. The fourth-order valence-electron chi connectivity index (χ4n) is 1.10. The van der Waals surface area contributed by atoms with Crippen molar-refractivity contribution in [2.24, 2.45) is 0 Å². The molecule has 2 atom stereocenters. The first-order valence-corrected chi connectivity index (χ1v) is 9.20. The Morgan fingerprint density at radius 2 is 1.09 bits per heavy atom. The smallest absolute Gasteiger partial charge is 0.329 e. The van der Waals surface area contributed by atoms with Crippen LogP contribution in [0.15, 0.2) is 0 Å². The summed E-state index contributed by atoms with van der Waals surface area (Å²) >= 11 is 12.1. The Labute approximate surface area is 145 Å². The normalized spacial score (nSPS) is 17.3. The van der Waals surface area contributed by atoms with E-state index in [-0.39, 0.29) is 35.2 Å². The Kier molecular flexibility index (Phi) is 11.0. The maximum Gasteiger partial charge on any atom is 0.329 e. The minimum absolute atomic E-state index is 0.144. The van der Waals surface area contributed by atoms with Crippen LogP contribution in [0, 0.1) is 0 Å². The highest BCUT2D eigenvalue weighted by Crippen LogP contribution is 2.33. The number of alkyl halides is 2. The molecule has 22 heavy (non-hydrogen) atoms. The van der Waals surface area contributed by atoms with Crippen LogP contribution in [0.25, 0.3) is 0 Å². The Bertz CT molecular complexity index is 266. The van der Waals surface area contributed by atoms with Crippen molar-refractivity contribution in [3.8, 4) is 0 Å². The molecule has 0 spiro atoms. The summed E-state index contributed by atoms with van der Waals surface area (Å²) < 4.78 is 21.3. The molecule has 0 rings (SSSR count). The zero-order valence-corrected chi connectivity index (χ0v) is 16.7. The third-order valence-electron chi connectivity index (χ3n) is 2.13. The number of ether oxygens (including phenoxy) is 2. The van der Waals surface area contributed by atoms with Gasteiger partial charge in [0.15, 0.2) is 0 Å². The number of halogens is 2. The van der Waals surface area contributed by atoms with Crippen molar-refractivity contribution in [3.05, 3.63) is 0 Å². The zero-order valence-electron chi connectivity index (χ0n) is 14.3. The van der Waals surface area contributed by atoms with Crippen LogP contribution >= 0.6 is 31.8 Å². The standard InChI is InChI=1S/C14H29Cl2O5P/c1-13(2,3)18-7-11(15)9-20-22(17)21-10-12(16)8-19-14(4,5)6/h11-12,17H,7-10H2,1-6H3. The van der Waals surface area contributed by atoms with Crippen LogP contribution in [0.4, 0.5) is 0 Å². The molecule has 0 aromatic rings. The van der Waals surface area contributed by atoms with Crippen LogP contribution < -0.4 is 0 Å². The topological polar surface area (TPSA) is 57.2 Å². The van der Waals surface area contributed by atoms with Crippen molar-refractivity contribution in [1.29, 1.82) is 0 Å². The highest BCUT2D eigenvalue weighted by molar-refractivity contribution is 7.40. The molecule has 2 unspecified atom stereocenters. The van der Waals surface area contributed by atoms with Crippen LogP contribution in [0.1, 0.15) is 41.5 Å². The molecule has 1 N–H and O–H groups in total. The SMILES string of the molecule is CC(C)(C)OCC(Cl)COP(O)OCC(Cl)COC(C)(C)C. The van der Waals surface area contributed by atoms with Crippen LogP contribution in [-0.2, 0) is 18.5 Å². The van der Waals surface area contributed by atoms with Gasteiger partial charge in [0.05, 0.1) is 48.4 Å². The van der Waals surface area contributed by atoms with Gasteiger partial charge in [0.25, 0.3) is 0 Å². The van der Waals surface area contributed by atoms with Crippen LogP contribution in [0.2, 0.25) is 0 Å². The third kappa shape index (κ3) is 15.7. The Hall–Kier alpha value is 0.810. The van der Waals surface area contributed by atoms with E-state index in [0.717, 1.165) is 0 Å². The molecule has 0 radical (unpaired) electrons. The fraction of sp³-hybridized carbons (Fsp3) is 1.00. The predicted molar refractivity (Wildman–Crippen MR) is 91.7 cm³/mol. The van der Waals surface area contributed by atoms with E-state index in [1.165, 1.54) is 0 Å². The number of rotatable bonds is 10. The van der Waals surface area contributed by atoms with Crippen molar-refractivity contribution < 1.29 is 23.4 Å². The Morgan fingerprint density at radius 3 is 1.36 bits per heavy atom. The summed E-state index contributed by atoms with van der Waals surface area (Å²) in [7, 11) is -2.00. The molecule has 0 aromatic carbocycles. The second-order valence-corrected chi connectivity index (χ2v) is 9.10. The van der Waals surface area contributed by atoms with Gasteiger partial charge in [-0.15, -0.1) is 23.2 Å². The van der Waals surface area contributed by atoms with Crippen molar-refractivity contribution in [2.45, 2.75) is 63.5 Å². The molecule has 0 fully saturated rings. The van der Waals surface area contributed by atoms with Crippen molar-refractivity contribution >= 4 is 31.8 Å². The van der Waals surface area contributed by atoms with E-state index in [1.807, 2.05) is 41.5 Å². The molecule has 0 bridgehead atoms. The van der Waals surface area contributed by atoms with E-state index in [2.05, 4.69) is 0 Å². The van der Waals surface area contributed by atoms with Gasteiger partial charge in [-0.1, -0.05) is 0 Å². The van der Waals surface area contributed by atoms with Crippen LogP contribution in [0.5, 0.6) is 0 Å². The average molecular weight is 379 g/mol. The van der Waals surface area contributed by atoms with Gasteiger partial charge in [0.2, 0.25) is 0 Å². The minimum atomic E-state index is -2.00. The Balaban J connectivity index is 3.74. The molecular weight excluding hydrogens is 350 g/mol. The molecule has 0 aliphatic heterocycles.